The molecule has 1 fully saturated rings. The fraction of sp³-hybridized carbons (Fsp3) is 0.500. The number of hydrogen-bond acceptors (Lipinski definition) is 4. The molecule has 2 rings (SSSR count). The van der Waals surface area contributed by atoms with Gasteiger partial charge in [-0.2, -0.15) is 0 Å². The number of esters is 1. The van der Waals surface area contributed by atoms with Crippen molar-refractivity contribution in [2.75, 3.05) is 13.2 Å². The molecule has 114 valence electrons. The molecule has 0 atom stereocenters. The van der Waals surface area contributed by atoms with Gasteiger partial charge >= 0.3 is 5.97 Å². The summed E-state index contributed by atoms with van der Waals surface area (Å²) in [4.78, 5) is 23.4. The predicted octanol–water partition coefficient (Wildman–Crippen LogP) is 2.78. The van der Waals surface area contributed by atoms with Gasteiger partial charge in [-0.05, 0) is 32.8 Å². The Labute approximate surface area is 123 Å². The third kappa shape index (κ3) is 3.23. The second kappa shape index (κ2) is 6.24. The summed E-state index contributed by atoms with van der Waals surface area (Å²) in [6.07, 6.45) is 1.51. The Hall–Kier alpha value is -1.91. The highest BCUT2D eigenvalue weighted by molar-refractivity contribution is 6.33. The van der Waals surface area contributed by atoms with E-state index in [1.165, 1.54) is 6.07 Å². The lowest BCUT2D eigenvalue weighted by Gasteiger charge is -2.19. The van der Waals surface area contributed by atoms with Crippen LogP contribution in [0.3, 0.4) is 0 Å². The van der Waals surface area contributed by atoms with Crippen LogP contribution < -0.4 is 4.74 Å². The fourth-order valence-electron chi connectivity index (χ4n) is 2.50. The molecule has 0 N–H and O–H groups in total. The maximum absolute atomic E-state index is 13.9. The van der Waals surface area contributed by atoms with Crippen LogP contribution in [0.2, 0.25) is 0 Å². The van der Waals surface area contributed by atoms with Crippen LogP contribution in [0.1, 0.15) is 38.7 Å². The van der Waals surface area contributed by atoms with Crippen molar-refractivity contribution < 1.29 is 23.5 Å². The molecule has 0 amide bonds. The fourth-order valence-corrected chi connectivity index (χ4v) is 2.50. The van der Waals surface area contributed by atoms with Gasteiger partial charge < -0.3 is 9.47 Å². The first-order valence-electron chi connectivity index (χ1n) is 7.16. The van der Waals surface area contributed by atoms with E-state index in [0.717, 1.165) is 12.8 Å². The average molecular weight is 294 g/mol. The number of halogens is 1. The average Bonchev–Trinajstić information content (AvgIpc) is 3.22. The Balaban J connectivity index is 2.23. The number of para-hydroxylation sites is 1. The van der Waals surface area contributed by atoms with E-state index in [0.29, 0.717) is 12.2 Å². The van der Waals surface area contributed by atoms with Gasteiger partial charge in [0.2, 0.25) is 5.78 Å². The topological polar surface area (TPSA) is 52.6 Å². The Morgan fingerprint density at radius 2 is 1.95 bits per heavy atom. The van der Waals surface area contributed by atoms with Crippen LogP contribution >= 0.6 is 0 Å². The van der Waals surface area contributed by atoms with Crippen LogP contribution in [0.15, 0.2) is 18.2 Å². The zero-order valence-electron chi connectivity index (χ0n) is 12.3. The van der Waals surface area contributed by atoms with E-state index in [9.17, 15) is 14.0 Å². The van der Waals surface area contributed by atoms with Crippen molar-refractivity contribution >= 4 is 11.8 Å². The van der Waals surface area contributed by atoms with Crippen molar-refractivity contribution in [2.24, 2.45) is 0 Å². The second-order valence-electron chi connectivity index (χ2n) is 5.15. The lowest BCUT2D eigenvalue weighted by Crippen LogP contribution is -2.23. The number of ketones is 1. The van der Waals surface area contributed by atoms with Crippen LogP contribution in [-0.2, 0) is 19.7 Å². The van der Waals surface area contributed by atoms with E-state index in [1.54, 1.807) is 26.0 Å². The molecule has 1 aromatic rings. The lowest BCUT2D eigenvalue weighted by molar-refractivity contribution is -0.153. The van der Waals surface area contributed by atoms with Crippen LogP contribution in [-0.4, -0.2) is 25.0 Å². The van der Waals surface area contributed by atoms with Gasteiger partial charge in [0.1, 0.15) is 0 Å². The molecule has 0 radical (unpaired) electrons. The lowest BCUT2D eigenvalue weighted by atomic mass is 9.89. The molecule has 21 heavy (non-hydrogen) atoms. The molecule has 0 unspecified atom stereocenters. The highest BCUT2D eigenvalue weighted by Gasteiger charge is 2.49. The number of rotatable bonds is 7. The molecule has 1 aliphatic rings. The van der Waals surface area contributed by atoms with Crippen molar-refractivity contribution in [3.05, 3.63) is 29.6 Å². The summed E-state index contributed by atoms with van der Waals surface area (Å²) < 4.78 is 24.0. The molecule has 0 aromatic heterocycles. The van der Waals surface area contributed by atoms with E-state index < -0.39 is 23.0 Å². The maximum atomic E-state index is 13.9. The van der Waals surface area contributed by atoms with E-state index in [1.807, 2.05) is 0 Å². The SMILES string of the molecule is CCOC(=O)C(=O)CC1(c2cccc(F)c2OCC)CC1. The Morgan fingerprint density at radius 1 is 1.24 bits per heavy atom. The molecular weight excluding hydrogens is 275 g/mol. The van der Waals surface area contributed by atoms with Gasteiger partial charge in [-0.15, -0.1) is 0 Å². The summed E-state index contributed by atoms with van der Waals surface area (Å²) >= 11 is 0. The zero-order valence-corrected chi connectivity index (χ0v) is 12.3. The van der Waals surface area contributed by atoms with Gasteiger partial charge in [0, 0.05) is 17.4 Å². The molecule has 0 spiro atoms. The molecular formula is C16H19FO4. The molecule has 1 aliphatic carbocycles. The molecule has 1 saturated carbocycles. The number of ether oxygens (including phenoxy) is 2. The van der Waals surface area contributed by atoms with Crippen molar-refractivity contribution in [3.8, 4) is 5.75 Å². The van der Waals surface area contributed by atoms with Crippen LogP contribution in [0.25, 0.3) is 0 Å². The van der Waals surface area contributed by atoms with Gasteiger partial charge in [-0.1, -0.05) is 12.1 Å². The molecule has 5 heteroatoms. The van der Waals surface area contributed by atoms with E-state index >= 15 is 0 Å². The molecule has 0 heterocycles. The summed E-state index contributed by atoms with van der Waals surface area (Å²) in [7, 11) is 0. The van der Waals surface area contributed by atoms with E-state index in [-0.39, 0.29) is 18.8 Å². The first-order valence-corrected chi connectivity index (χ1v) is 7.16. The summed E-state index contributed by atoms with van der Waals surface area (Å²) in [6.45, 7) is 3.94. The van der Waals surface area contributed by atoms with Crippen LogP contribution in [0.4, 0.5) is 4.39 Å². The summed E-state index contributed by atoms with van der Waals surface area (Å²) in [5, 5.41) is 0. The number of carbonyl (C=O) groups excluding carboxylic acids is 2. The van der Waals surface area contributed by atoms with Crippen molar-refractivity contribution in [1.29, 1.82) is 0 Å². The zero-order chi connectivity index (χ0) is 15.5. The quantitative estimate of drug-likeness (QED) is 0.573. The first kappa shape index (κ1) is 15.5. The molecule has 0 bridgehead atoms. The molecule has 0 saturated heterocycles. The highest BCUT2D eigenvalue weighted by Crippen LogP contribution is 2.54. The minimum absolute atomic E-state index is 0.0371. The van der Waals surface area contributed by atoms with Gasteiger partial charge in [0.25, 0.3) is 0 Å². The number of hydrogen-bond donors (Lipinski definition) is 0. The Kier molecular flexibility index (Phi) is 4.60. The predicted molar refractivity (Wildman–Crippen MR) is 74.7 cm³/mol. The van der Waals surface area contributed by atoms with Crippen molar-refractivity contribution in [3.63, 3.8) is 0 Å². The second-order valence-corrected chi connectivity index (χ2v) is 5.15. The first-order chi connectivity index (χ1) is 10.0. The Bertz CT molecular complexity index is 549. The molecule has 4 nitrogen and oxygen atoms in total. The van der Waals surface area contributed by atoms with Crippen LogP contribution in [0.5, 0.6) is 5.75 Å². The van der Waals surface area contributed by atoms with E-state index in [4.69, 9.17) is 9.47 Å². The highest BCUT2D eigenvalue weighted by atomic mass is 19.1. The number of benzene rings is 1. The van der Waals surface area contributed by atoms with E-state index in [2.05, 4.69) is 0 Å². The van der Waals surface area contributed by atoms with Crippen molar-refractivity contribution in [2.45, 2.75) is 38.5 Å². The van der Waals surface area contributed by atoms with Gasteiger partial charge in [-0.25, -0.2) is 9.18 Å². The standard InChI is InChI=1S/C16H19FO4/c1-3-20-14-11(6-5-7-12(14)17)16(8-9-16)10-13(18)15(19)21-4-2/h5-7H,3-4,8-10H2,1-2H3. The number of carbonyl (C=O) groups is 2. The third-order valence-electron chi connectivity index (χ3n) is 3.68. The van der Waals surface area contributed by atoms with Gasteiger partial charge in [0.05, 0.1) is 13.2 Å². The van der Waals surface area contributed by atoms with Crippen LogP contribution in [0, 0.1) is 5.82 Å². The summed E-state index contributed by atoms with van der Waals surface area (Å²) in [5.74, 6) is -1.64. The monoisotopic (exact) mass is 294 g/mol. The maximum Gasteiger partial charge on any atom is 0.374 e. The minimum Gasteiger partial charge on any atom is -0.490 e. The van der Waals surface area contributed by atoms with Crippen molar-refractivity contribution in [1.82, 2.24) is 0 Å². The third-order valence-corrected chi connectivity index (χ3v) is 3.68. The largest absolute Gasteiger partial charge is 0.490 e. The minimum atomic E-state index is -0.821. The number of Topliss-reactive ketones (excluding diaryl/α,β-unsaturated/α-hetero) is 1. The summed E-state index contributed by atoms with van der Waals surface area (Å²) in [6, 6.07) is 4.69. The normalized spacial score (nSPS) is 15.4. The summed E-state index contributed by atoms with van der Waals surface area (Å²) in [5.41, 5.74) is 0.179. The molecule has 1 aromatic carbocycles. The van der Waals surface area contributed by atoms with Gasteiger partial charge in [0.15, 0.2) is 11.6 Å². The molecule has 0 aliphatic heterocycles. The smallest absolute Gasteiger partial charge is 0.374 e. The Morgan fingerprint density at radius 3 is 2.52 bits per heavy atom. The van der Waals surface area contributed by atoms with Gasteiger partial charge in [-0.3, -0.25) is 4.79 Å².